The predicted molar refractivity (Wildman–Crippen MR) is 101 cm³/mol. The van der Waals surface area contributed by atoms with Crippen LogP contribution in [0, 0.1) is 5.82 Å². The van der Waals surface area contributed by atoms with Gasteiger partial charge < -0.3 is 9.47 Å². The molecule has 1 saturated carbocycles. The Labute approximate surface area is 155 Å². The fourth-order valence-corrected chi connectivity index (χ4v) is 2.74. The average molecular weight is 376 g/mol. The number of hydrogen-bond acceptors (Lipinski definition) is 5. The topological polar surface area (TPSA) is 60.5 Å². The van der Waals surface area contributed by atoms with Crippen molar-refractivity contribution >= 4 is 34.7 Å². The Balaban J connectivity index is 1.60. The van der Waals surface area contributed by atoms with Crippen LogP contribution in [0.3, 0.4) is 0 Å². The summed E-state index contributed by atoms with van der Waals surface area (Å²) in [6.07, 6.45) is 5.08. The van der Waals surface area contributed by atoms with E-state index in [4.69, 9.17) is 9.47 Å². The lowest BCUT2D eigenvalue weighted by Gasteiger charge is -2.18. The summed E-state index contributed by atoms with van der Waals surface area (Å²) in [6.45, 7) is 5.37. The van der Waals surface area contributed by atoms with Crippen molar-refractivity contribution in [2.24, 2.45) is 0 Å². The average Bonchev–Trinajstić information content (AvgIpc) is 3.22. The molecule has 5 nitrogen and oxygen atoms in total. The van der Waals surface area contributed by atoms with E-state index in [-0.39, 0.29) is 11.9 Å². The molecule has 1 amide bonds. The molecule has 0 aliphatic heterocycles. The van der Waals surface area contributed by atoms with Gasteiger partial charge in [-0.1, -0.05) is 0 Å². The lowest BCUT2D eigenvalue weighted by molar-refractivity contribution is 0.0636. The van der Waals surface area contributed by atoms with Crippen LogP contribution in [0.5, 0.6) is 5.75 Å². The van der Waals surface area contributed by atoms with Crippen LogP contribution in [0.25, 0.3) is 12.2 Å². The van der Waals surface area contributed by atoms with Gasteiger partial charge in [-0.2, -0.15) is 0 Å². The summed E-state index contributed by atoms with van der Waals surface area (Å²) in [6, 6.07) is 4.84. The molecule has 7 heteroatoms. The van der Waals surface area contributed by atoms with Gasteiger partial charge in [-0.15, -0.1) is 11.3 Å². The van der Waals surface area contributed by atoms with Crippen molar-refractivity contribution in [2.45, 2.75) is 45.3 Å². The number of rotatable bonds is 5. The van der Waals surface area contributed by atoms with Crippen molar-refractivity contribution in [3.63, 3.8) is 0 Å². The molecule has 0 spiro atoms. The summed E-state index contributed by atoms with van der Waals surface area (Å²) in [4.78, 5) is 16.0. The molecule has 1 aliphatic rings. The van der Waals surface area contributed by atoms with Gasteiger partial charge in [0.2, 0.25) is 0 Å². The van der Waals surface area contributed by atoms with Crippen molar-refractivity contribution in [1.82, 2.24) is 4.98 Å². The summed E-state index contributed by atoms with van der Waals surface area (Å²) in [7, 11) is 0. The number of amides is 1. The first-order valence-corrected chi connectivity index (χ1v) is 9.26. The molecule has 1 aromatic carbocycles. The van der Waals surface area contributed by atoms with Gasteiger partial charge in [-0.3, -0.25) is 5.32 Å². The molecule has 0 atom stereocenters. The van der Waals surface area contributed by atoms with Gasteiger partial charge in [0, 0.05) is 17.0 Å². The number of anilines is 1. The molecule has 2 aromatic rings. The minimum absolute atomic E-state index is 0.238. The molecule has 3 rings (SSSR count). The van der Waals surface area contributed by atoms with Gasteiger partial charge in [0.1, 0.15) is 17.2 Å². The van der Waals surface area contributed by atoms with Crippen molar-refractivity contribution in [3.8, 4) is 5.75 Å². The normalized spacial score (nSPS) is 14.5. The smallest absolute Gasteiger partial charge is 0.413 e. The van der Waals surface area contributed by atoms with Gasteiger partial charge in [-0.25, -0.2) is 14.2 Å². The molecular formula is C19H21FN2O3S. The van der Waals surface area contributed by atoms with Gasteiger partial charge in [0.15, 0.2) is 5.13 Å². The SMILES string of the molecule is CC(C)(C)OC(=O)Nc1nc(C=Cc2ccc(OC3CC3)cc2F)cs1. The van der Waals surface area contributed by atoms with Crippen molar-refractivity contribution in [3.05, 3.63) is 40.7 Å². The number of halogens is 1. The van der Waals surface area contributed by atoms with E-state index >= 15 is 0 Å². The second kappa shape index (κ2) is 7.45. The lowest BCUT2D eigenvalue weighted by Crippen LogP contribution is -2.27. The Hall–Kier alpha value is -2.41. The zero-order valence-electron chi connectivity index (χ0n) is 14.9. The zero-order chi connectivity index (χ0) is 18.7. The minimum Gasteiger partial charge on any atom is -0.490 e. The number of benzene rings is 1. The second-order valence-corrected chi connectivity index (χ2v) is 7.90. The predicted octanol–water partition coefficient (Wildman–Crippen LogP) is 5.34. The summed E-state index contributed by atoms with van der Waals surface area (Å²) in [5.74, 6) is 0.210. The molecule has 138 valence electrons. The number of nitrogens with zero attached hydrogens (tertiary/aromatic N) is 1. The van der Waals surface area contributed by atoms with Crippen LogP contribution in [0.15, 0.2) is 23.6 Å². The van der Waals surface area contributed by atoms with Gasteiger partial charge in [0.05, 0.1) is 11.8 Å². The van der Waals surface area contributed by atoms with E-state index in [0.29, 0.717) is 22.1 Å². The van der Waals surface area contributed by atoms with Crippen molar-refractivity contribution < 1.29 is 18.7 Å². The van der Waals surface area contributed by atoms with E-state index in [1.165, 1.54) is 17.4 Å². The summed E-state index contributed by atoms with van der Waals surface area (Å²) >= 11 is 1.27. The quantitative estimate of drug-likeness (QED) is 0.765. The molecule has 1 N–H and O–H groups in total. The van der Waals surface area contributed by atoms with E-state index in [2.05, 4.69) is 10.3 Å². The van der Waals surface area contributed by atoms with E-state index < -0.39 is 11.7 Å². The maximum absolute atomic E-state index is 14.1. The molecule has 1 fully saturated rings. The fraction of sp³-hybridized carbons (Fsp3) is 0.368. The number of ether oxygens (including phenoxy) is 2. The molecule has 1 heterocycles. The number of nitrogens with one attached hydrogen (secondary N) is 1. The van der Waals surface area contributed by atoms with Crippen LogP contribution < -0.4 is 10.1 Å². The van der Waals surface area contributed by atoms with Crippen LogP contribution >= 0.6 is 11.3 Å². The molecule has 0 unspecified atom stereocenters. The molecule has 1 aliphatic carbocycles. The number of aromatic nitrogens is 1. The first-order chi connectivity index (χ1) is 12.3. The zero-order valence-corrected chi connectivity index (χ0v) is 15.7. The van der Waals surface area contributed by atoms with E-state index in [9.17, 15) is 9.18 Å². The molecule has 0 radical (unpaired) electrons. The third kappa shape index (κ3) is 5.56. The van der Waals surface area contributed by atoms with Crippen LogP contribution in [0.1, 0.15) is 44.9 Å². The maximum atomic E-state index is 14.1. The van der Waals surface area contributed by atoms with Crippen LogP contribution in [0.4, 0.5) is 14.3 Å². The van der Waals surface area contributed by atoms with Crippen molar-refractivity contribution in [2.75, 3.05) is 5.32 Å². The maximum Gasteiger partial charge on any atom is 0.413 e. The van der Waals surface area contributed by atoms with Crippen LogP contribution in [-0.4, -0.2) is 22.8 Å². The highest BCUT2D eigenvalue weighted by Gasteiger charge is 2.23. The molecule has 0 saturated heterocycles. The third-order valence-corrected chi connectivity index (χ3v) is 4.14. The van der Waals surface area contributed by atoms with Gasteiger partial charge in [-0.05, 0) is 57.9 Å². The second-order valence-electron chi connectivity index (χ2n) is 7.04. The highest BCUT2D eigenvalue weighted by molar-refractivity contribution is 7.14. The Morgan fingerprint density at radius 3 is 2.77 bits per heavy atom. The fourth-order valence-electron chi connectivity index (χ4n) is 2.08. The largest absolute Gasteiger partial charge is 0.490 e. The molecule has 1 aromatic heterocycles. The lowest BCUT2D eigenvalue weighted by atomic mass is 10.2. The van der Waals surface area contributed by atoms with Crippen LogP contribution in [0.2, 0.25) is 0 Å². The standard InChI is InChI=1S/C19H21FN2O3S/c1-19(2,3)25-18(23)22-17-21-13(11-26-17)6-4-12-5-7-15(10-16(12)20)24-14-8-9-14/h4-7,10-11,14H,8-9H2,1-3H3,(H,21,22,23). The monoisotopic (exact) mass is 376 g/mol. The summed E-state index contributed by atoms with van der Waals surface area (Å²) in [5.41, 5.74) is 0.498. The first-order valence-electron chi connectivity index (χ1n) is 8.38. The van der Waals surface area contributed by atoms with E-state index in [1.54, 1.807) is 50.4 Å². The molecular weight excluding hydrogens is 355 g/mol. The Morgan fingerprint density at radius 2 is 2.12 bits per heavy atom. The number of thiazole rings is 1. The third-order valence-electron chi connectivity index (χ3n) is 3.36. The van der Waals surface area contributed by atoms with Crippen LogP contribution in [-0.2, 0) is 4.74 Å². The molecule has 26 heavy (non-hydrogen) atoms. The van der Waals surface area contributed by atoms with E-state index in [1.807, 2.05) is 0 Å². The number of carbonyl (C=O) groups is 1. The first kappa shape index (κ1) is 18.4. The molecule has 0 bridgehead atoms. The Bertz CT molecular complexity index is 822. The highest BCUT2D eigenvalue weighted by Crippen LogP contribution is 2.28. The Morgan fingerprint density at radius 1 is 1.35 bits per heavy atom. The van der Waals surface area contributed by atoms with E-state index in [0.717, 1.165) is 12.8 Å². The highest BCUT2D eigenvalue weighted by atomic mass is 32.1. The van der Waals surface area contributed by atoms with Gasteiger partial charge in [0.25, 0.3) is 0 Å². The Kier molecular flexibility index (Phi) is 5.27. The van der Waals surface area contributed by atoms with Gasteiger partial charge >= 0.3 is 6.09 Å². The summed E-state index contributed by atoms with van der Waals surface area (Å²) in [5, 5.41) is 4.77. The summed E-state index contributed by atoms with van der Waals surface area (Å²) < 4.78 is 24.9. The van der Waals surface area contributed by atoms with Crippen molar-refractivity contribution in [1.29, 1.82) is 0 Å². The number of hydrogen-bond donors (Lipinski definition) is 1. The number of carbonyl (C=O) groups excluding carboxylic acids is 1. The minimum atomic E-state index is -0.572.